The van der Waals surface area contributed by atoms with Gasteiger partial charge in [0.1, 0.15) is 65.2 Å². The number of aliphatic hydroxyl groups excluding tert-OH is 1. The quantitative estimate of drug-likeness (QED) is 0.0165. The van der Waals surface area contributed by atoms with E-state index in [2.05, 4.69) is 90.7 Å². The molecule has 3 unspecified atom stereocenters. The van der Waals surface area contributed by atoms with Crippen LogP contribution in [0.15, 0.2) is 97.2 Å². The summed E-state index contributed by atoms with van der Waals surface area (Å²) >= 11 is 0. The van der Waals surface area contributed by atoms with Gasteiger partial charge in [-0.2, -0.15) is 0 Å². The van der Waals surface area contributed by atoms with Crippen molar-refractivity contribution in [3.63, 3.8) is 0 Å². The zero-order chi connectivity index (χ0) is 105. The Balaban J connectivity index is 0.0000203. The van der Waals surface area contributed by atoms with E-state index in [4.69, 9.17) is 11.5 Å². The zero-order valence-corrected chi connectivity index (χ0v) is 83.0. The van der Waals surface area contributed by atoms with Crippen LogP contribution in [0.5, 0.6) is 5.75 Å². The number of carbonyl (C=O) groups is 20. The molecule has 0 bridgehead atoms. The normalized spacial score (nSPS) is 21.8. The van der Waals surface area contributed by atoms with Gasteiger partial charge in [0.15, 0.2) is 5.78 Å². The Hall–Kier alpha value is -13.1. The van der Waals surface area contributed by atoms with Gasteiger partial charge in [0, 0.05) is 75.0 Å². The van der Waals surface area contributed by atoms with E-state index in [1.165, 1.54) is 107 Å². The second kappa shape index (κ2) is 58.7. The Morgan fingerprint density at radius 2 is 1.09 bits per heavy atom. The number of nitrogens with one attached hydrogen (secondary N) is 16. The number of primary amides is 2. The number of hydrazine groups is 1. The molecule has 14 amide bonds. The molecule has 0 saturated heterocycles. The molecule has 42 heteroatoms. The molecule has 0 spiro atoms. The van der Waals surface area contributed by atoms with Crippen molar-refractivity contribution in [2.45, 2.75) is 322 Å². The number of allylic oxidation sites excluding steroid dienone is 2. The summed E-state index contributed by atoms with van der Waals surface area (Å²) in [7, 11) is 1.50. The SMILES string of the molecule is CC(=O)N[C@@H](CC(C)C)C(=O)N[C@H](C(=O)N[C@@H](Cc1ccccc1)C(=O)N[C@@]1(C)CCCCCC/C=C/CCC[C@@](C)(C(=O)N[C@@H](C)C(=O)NC(C)C(=O)N[C@@H](C)C(=O)C(=O)[C@H](C)NN[C@H](C)C(=O)C[C@H](C)C(N)=O)NC(=O)[C@H](CC(C)C)CN[C@@H](CCC(N)=O)C(=O)C(=O)C(C)NC(=O)[C@H](Cc2c[nH]c3ccccc23)NC(=O)C(Cc2ccc(O)cc2)NC(=O)[C@H](CCC(=O)O)NC1=O)[C@@H](C)O.CN. The largest absolute Gasteiger partial charge is 0.508 e. The van der Waals surface area contributed by atoms with Crippen molar-refractivity contribution in [3.05, 3.63) is 114 Å². The van der Waals surface area contributed by atoms with Gasteiger partial charge < -0.3 is 107 Å². The number of benzene rings is 3. The van der Waals surface area contributed by atoms with Crippen LogP contribution in [0.1, 0.15) is 223 Å². The fraction of sp³-hybridized carbons (Fsp3) is 0.571. The first-order valence-electron chi connectivity index (χ1n) is 47.5. The number of carboxylic acids is 1. The number of aromatic nitrogens is 1. The van der Waals surface area contributed by atoms with E-state index >= 15 is 28.8 Å². The van der Waals surface area contributed by atoms with Crippen molar-refractivity contribution in [1.82, 2.24) is 85.0 Å². The van der Waals surface area contributed by atoms with Gasteiger partial charge in [0.25, 0.3) is 0 Å². The molecule has 0 aliphatic carbocycles. The summed E-state index contributed by atoms with van der Waals surface area (Å²) in [4.78, 5) is 283. The van der Waals surface area contributed by atoms with Crippen LogP contribution in [0.3, 0.4) is 0 Å². The van der Waals surface area contributed by atoms with Crippen LogP contribution in [-0.4, -0.2) is 247 Å². The lowest BCUT2D eigenvalue weighted by Gasteiger charge is -2.34. The van der Waals surface area contributed by atoms with Crippen molar-refractivity contribution in [2.75, 3.05) is 13.6 Å². The number of aliphatic hydroxyl groups is 1. The van der Waals surface area contributed by atoms with Gasteiger partial charge in [-0.3, -0.25) is 95.9 Å². The number of hydrogen-bond donors (Lipinski definition) is 22. The maximum Gasteiger partial charge on any atom is 0.303 e. The molecule has 140 heavy (non-hydrogen) atoms. The zero-order valence-electron chi connectivity index (χ0n) is 83.0. The Labute approximate surface area is 816 Å². The number of Topliss-reactive ketones (excluding diaryl/α,β-unsaturated/α-hetero) is 5. The smallest absolute Gasteiger partial charge is 0.303 e. The Kier molecular flexibility index (Phi) is 50.0. The number of hydrogen-bond acceptors (Lipinski definition) is 26. The molecule has 1 aliphatic heterocycles. The Morgan fingerprint density at radius 1 is 0.529 bits per heavy atom. The summed E-state index contributed by atoms with van der Waals surface area (Å²) in [5.41, 5.74) is 18.5. The minimum atomic E-state index is -2.08. The standard InChI is InChI=1S/C97H142N18O23.CH5N/c1-52(2)44-66-51-101-70(38-40-77(98)120)83(126)81(124)57(8)103-89(132)75(49-65-50-100-69-33-27-26-32-68(65)69)108-90(133)73(48-64-34-36-67(118)37-35-64)107-88(131)71(39-41-78(121)122)110-95(138)97(15,113-92(135)74(47-63-30-24-23-25-31-63)109-93(136)79(61(12)116)111-91(134)72(45-53(3)4)106-62(13)117)43-29-22-20-18-16-17-19-21-28-42-96(14,112-87(66)130)94(137)105-60(11)86(129)104-59(10)85(128)102-56(7)80(123)82(125)58(9)115-114-55(6)76(119)46-54(5)84(99)127;1-2/h17,19,23-27,30-37,50,52-61,66,70-75,79,100-101,114-116,118H,16,18,20-22,28-29,38-49,51H2,1-15H3,(H2,98,120)(H2,99,127)(H,102,128)(H,103,132)(H,104,129)(H,105,137)(H,106,117)(H,107,131)(H,108,133)(H,109,136)(H,110,138)(H,111,134)(H,112,130)(H,113,135)(H,121,122);2H2,1H3/b19-17+;/t54-,55+,56-,57?,58-,59?,60-,61+,66+,70-,71-,72-,73?,74-,75-,79-,96-,97-;/m0./s1. The van der Waals surface area contributed by atoms with Gasteiger partial charge in [-0.1, -0.05) is 127 Å². The number of amides is 14. The van der Waals surface area contributed by atoms with Crippen molar-refractivity contribution in [3.8, 4) is 5.75 Å². The maximum absolute atomic E-state index is 15.6. The van der Waals surface area contributed by atoms with Gasteiger partial charge in [0.05, 0.1) is 42.2 Å². The van der Waals surface area contributed by atoms with Gasteiger partial charge >= 0.3 is 5.97 Å². The first-order chi connectivity index (χ1) is 65.8. The molecule has 0 fully saturated rings. The molecule has 1 aromatic heterocycles. The van der Waals surface area contributed by atoms with Crippen molar-refractivity contribution in [2.24, 2.45) is 40.9 Å². The second-order valence-corrected chi connectivity index (χ2v) is 37.2. The highest BCUT2D eigenvalue weighted by Gasteiger charge is 2.44. The number of phenols is 1. The van der Waals surface area contributed by atoms with Crippen LogP contribution in [-0.2, 0) is 115 Å². The molecule has 5 rings (SSSR count). The lowest BCUT2D eigenvalue weighted by molar-refractivity contribution is -0.140. The number of nitrogens with two attached hydrogens (primary N) is 3. The predicted octanol–water partition coefficient (Wildman–Crippen LogP) is 0.660. The number of rotatable bonds is 40. The molecule has 25 N–H and O–H groups in total. The highest BCUT2D eigenvalue weighted by atomic mass is 16.4. The van der Waals surface area contributed by atoms with Crippen molar-refractivity contribution >= 4 is 128 Å². The number of aliphatic carboxylic acids is 1. The topological polar surface area (TPSA) is 676 Å². The van der Waals surface area contributed by atoms with Gasteiger partial charge in [-0.05, 0) is 180 Å². The summed E-state index contributed by atoms with van der Waals surface area (Å²) in [6, 6.07) is 1.24. The molecule has 4 aromatic rings. The van der Waals surface area contributed by atoms with Crippen LogP contribution in [0.2, 0.25) is 0 Å². The average Bonchev–Trinajstić information content (AvgIpc) is 1.56. The number of aromatic amines is 1. The molecule has 1 aliphatic rings. The molecular weight excluding hydrogens is 1810 g/mol. The van der Waals surface area contributed by atoms with E-state index in [1.54, 1.807) is 88.5 Å². The Morgan fingerprint density at radius 3 is 1.69 bits per heavy atom. The molecule has 772 valence electrons. The van der Waals surface area contributed by atoms with E-state index in [0.29, 0.717) is 59.7 Å². The van der Waals surface area contributed by atoms with Gasteiger partial charge in [-0.25, -0.2) is 10.9 Å². The van der Waals surface area contributed by atoms with Crippen molar-refractivity contribution < 1.29 is 111 Å². The van der Waals surface area contributed by atoms with Crippen LogP contribution >= 0.6 is 0 Å². The highest BCUT2D eigenvalue weighted by molar-refractivity contribution is 6.41. The van der Waals surface area contributed by atoms with Crippen molar-refractivity contribution in [1.29, 1.82) is 0 Å². The number of carboxylic acid groups (broad SMARTS) is 1. The fourth-order valence-electron chi connectivity index (χ4n) is 15.4. The van der Waals surface area contributed by atoms with E-state index in [9.17, 15) is 82.4 Å². The fourth-order valence-corrected chi connectivity index (χ4v) is 15.4. The third-order valence-electron chi connectivity index (χ3n) is 23.8. The minimum Gasteiger partial charge on any atom is -0.508 e. The van der Waals surface area contributed by atoms with E-state index < -0.39 is 257 Å². The lowest BCUT2D eigenvalue weighted by atomic mass is 9.89. The van der Waals surface area contributed by atoms with Gasteiger partial charge in [-0.15, -0.1) is 0 Å². The molecule has 18 atom stereocenters. The molecule has 0 saturated carbocycles. The van der Waals surface area contributed by atoms with E-state index in [1.807, 2.05) is 12.2 Å². The number of H-pyrrole nitrogens is 1. The third kappa shape index (κ3) is 40.0. The van der Waals surface area contributed by atoms with Crippen LogP contribution in [0.25, 0.3) is 10.9 Å². The molecule has 3 aromatic carbocycles. The summed E-state index contributed by atoms with van der Waals surface area (Å²) in [5.74, 6) is -21.5. The average molecular weight is 1960 g/mol. The van der Waals surface area contributed by atoms with Crippen LogP contribution < -0.4 is 97.2 Å². The molecule has 42 nitrogen and oxygen atoms in total. The summed E-state index contributed by atoms with van der Waals surface area (Å²) < 4.78 is 0. The highest BCUT2D eigenvalue weighted by Crippen LogP contribution is 2.25. The van der Waals surface area contributed by atoms with Gasteiger partial charge in [0.2, 0.25) is 106 Å². The van der Waals surface area contributed by atoms with E-state index in [-0.39, 0.29) is 81.9 Å². The Bertz CT molecular complexity index is 4970. The second-order valence-electron chi connectivity index (χ2n) is 37.2. The number of ketones is 5. The number of fused-ring (bicyclic) bond motifs is 1. The minimum absolute atomic E-state index is 0.0822. The lowest BCUT2D eigenvalue weighted by Crippen LogP contribution is -2.65. The number of para-hydroxylation sites is 1. The number of phenolic OH excluding ortho intramolecular Hbond substituents is 1. The van der Waals surface area contributed by atoms with Crippen LogP contribution in [0.4, 0.5) is 0 Å². The summed E-state index contributed by atoms with van der Waals surface area (Å²) in [6.45, 7) is 21.3. The number of carbonyl (C=O) groups excluding carboxylic acids is 19. The van der Waals surface area contributed by atoms with Crippen LogP contribution in [0, 0.1) is 23.7 Å². The summed E-state index contributed by atoms with van der Waals surface area (Å²) in [6.07, 6.45) is 2.68. The molecular formula is C98H147N19O23. The summed E-state index contributed by atoms with van der Waals surface area (Å²) in [5, 5.41) is 66.7. The molecule has 2 heterocycles. The first kappa shape index (κ1) is 119. The monoisotopic (exact) mass is 1960 g/mol. The third-order valence-corrected chi connectivity index (χ3v) is 23.8. The maximum atomic E-state index is 15.6. The van der Waals surface area contributed by atoms with E-state index in [0.717, 1.165) is 0 Å². The predicted molar refractivity (Wildman–Crippen MR) is 520 cm³/mol. The number of aromatic hydroxyl groups is 1. The molecule has 0 radical (unpaired) electrons. The first-order valence-corrected chi connectivity index (χ1v) is 47.5.